The number of hydrogen-bond acceptors (Lipinski definition) is 9. The fraction of sp³-hybridized carbons (Fsp3) is 0.277. The van der Waals surface area contributed by atoms with E-state index < -0.39 is 5.60 Å². The number of nitrogens with zero attached hydrogens (tertiary/aromatic N) is 4. The van der Waals surface area contributed by atoms with Crippen LogP contribution in [0.2, 0.25) is 0 Å². The molecule has 1 unspecified atom stereocenters. The Labute approximate surface area is 333 Å². The molecule has 1 atom stereocenters. The molecule has 0 fully saturated rings. The summed E-state index contributed by atoms with van der Waals surface area (Å²) in [7, 11) is 6.87. The van der Waals surface area contributed by atoms with E-state index in [9.17, 15) is 0 Å². The van der Waals surface area contributed by atoms with Crippen LogP contribution in [0.25, 0.3) is 21.8 Å². The summed E-state index contributed by atoms with van der Waals surface area (Å²) in [5.41, 5.74) is 24.0. The molecule has 9 rings (SSSR count). The lowest BCUT2D eigenvalue weighted by molar-refractivity contribution is -0.251. The summed E-state index contributed by atoms with van der Waals surface area (Å²) < 4.78 is 23.1. The highest BCUT2D eigenvalue weighted by Gasteiger charge is 2.43. The molecule has 4 aromatic carbocycles. The molecule has 0 saturated carbocycles. The molecular weight excluding hydrogens is 713 g/mol. The first-order valence-corrected chi connectivity index (χ1v) is 19.2. The van der Waals surface area contributed by atoms with E-state index in [4.69, 9.17) is 34.6 Å². The first-order chi connectivity index (χ1) is 27.2. The van der Waals surface area contributed by atoms with Crippen molar-refractivity contribution in [3.63, 3.8) is 0 Å². The van der Waals surface area contributed by atoms with Crippen molar-refractivity contribution >= 4 is 61.6 Å². The van der Waals surface area contributed by atoms with Gasteiger partial charge in [-0.25, -0.2) is 0 Å². The van der Waals surface area contributed by atoms with Gasteiger partial charge in [-0.3, -0.25) is 9.97 Å². The summed E-state index contributed by atoms with van der Waals surface area (Å²) in [6.45, 7) is 11.2. The van der Waals surface area contributed by atoms with Crippen molar-refractivity contribution in [3.05, 3.63) is 119 Å². The van der Waals surface area contributed by atoms with Gasteiger partial charge >= 0.3 is 0 Å². The molecule has 2 aromatic heterocycles. The highest BCUT2D eigenvalue weighted by Crippen LogP contribution is 2.55. The molecule has 0 spiro atoms. The van der Waals surface area contributed by atoms with Crippen LogP contribution in [0, 0.1) is 0 Å². The lowest BCUT2D eigenvalue weighted by Crippen LogP contribution is -2.41. The van der Waals surface area contributed by atoms with E-state index >= 15 is 0 Å². The van der Waals surface area contributed by atoms with E-state index in [0.29, 0.717) is 16.9 Å². The normalized spacial score (nSPS) is 18.9. The number of allylic oxidation sites excluding steroid dienone is 1. The Morgan fingerprint density at radius 1 is 0.632 bits per heavy atom. The third-order valence-electron chi connectivity index (χ3n) is 12.7. The molecule has 0 radical (unpaired) electrons. The van der Waals surface area contributed by atoms with Crippen LogP contribution in [0.4, 0.5) is 39.8 Å². The summed E-state index contributed by atoms with van der Waals surface area (Å²) in [6.07, 6.45) is 8.93. The van der Waals surface area contributed by atoms with Crippen LogP contribution in [-0.2, 0) is 15.6 Å². The van der Waals surface area contributed by atoms with Gasteiger partial charge in [0.1, 0.15) is 28.5 Å². The summed E-state index contributed by atoms with van der Waals surface area (Å²) in [4.78, 5) is 14.8. The Kier molecular flexibility index (Phi) is 8.14. The van der Waals surface area contributed by atoms with Crippen LogP contribution >= 0.6 is 0 Å². The Balaban J connectivity index is 1.21. The van der Waals surface area contributed by atoms with Gasteiger partial charge in [-0.1, -0.05) is 33.8 Å². The van der Waals surface area contributed by atoms with Crippen molar-refractivity contribution in [1.82, 2.24) is 9.97 Å². The number of hydrogen-bond donors (Lipinski definition) is 2. The Bertz CT molecular complexity index is 2680. The van der Waals surface area contributed by atoms with E-state index in [-0.39, 0.29) is 10.8 Å². The molecule has 5 N–H and O–H groups in total. The number of rotatable bonds is 6. The summed E-state index contributed by atoms with van der Waals surface area (Å²) >= 11 is 0. The predicted molar refractivity (Wildman–Crippen MR) is 228 cm³/mol. The standard InChI is InChI=1S/C47H48N6O4/c1-45(2)33-20-28(54-6)10-13-37(33)52(38-14-11-29(55-7)21-34(38)45)26-18-31-41(48)42(49)32-19-27(25-51-44(32)43(31)50-24-26)53-39-15-12-30(56-8)22-35(39)46(3,4)36-23-47(5,57-9)17-16-40(36)53/h10-22,24-25H,23,48-49H2,1-9H3/p+1. The smallest absolute Gasteiger partial charge is 0.161 e. The first-order valence-electron chi connectivity index (χ1n) is 19.2. The molecule has 290 valence electrons. The molecule has 0 bridgehead atoms. The molecule has 2 aliphatic heterocycles. The number of nitrogens with two attached hydrogens (primary N) is 1. The zero-order chi connectivity index (χ0) is 40.2. The molecule has 3 aliphatic rings. The summed E-state index contributed by atoms with van der Waals surface area (Å²) in [5, 5.41) is 1.63. The topological polar surface area (TPSA) is 123 Å². The second-order valence-electron chi connectivity index (χ2n) is 16.5. The third kappa shape index (κ3) is 5.31. The molecule has 0 amide bonds. The molecule has 4 heterocycles. The van der Waals surface area contributed by atoms with E-state index in [0.717, 1.165) is 90.8 Å². The van der Waals surface area contributed by atoms with Gasteiger partial charge in [-0.05, 0) is 102 Å². The Morgan fingerprint density at radius 3 is 1.63 bits per heavy atom. The Hall–Kier alpha value is -6.10. The van der Waals surface area contributed by atoms with E-state index in [1.165, 1.54) is 5.57 Å². The second-order valence-corrected chi connectivity index (χ2v) is 16.5. The number of pyridine rings is 2. The number of fused-ring (bicyclic) bond motifs is 6. The number of anilines is 6. The average Bonchev–Trinajstić information content (AvgIpc) is 3.23. The lowest BCUT2D eigenvalue weighted by Gasteiger charge is -2.47. The van der Waals surface area contributed by atoms with Crippen molar-refractivity contribution < 1.29 is 24.7 Å². The number of nitrogen functional groups attached to an aromatic ring is 1. The molecule has 10 nitrogen and oxygen atoms in total. The van der Waals surface area contributed by atoms with Crippen molar-refractivity contribution in [2.75, 3.05) is 44.0 Å². The molecule has 1 aliphatic carbocycles. The molecule has 0 saturated heterocycles. The minimum atomic E-state index is -0.424. The summed E-state index contributed by atoms with van der Waals surface area (Å²) in [6, 6.07) is 23.0. The maximum absolute atomic E-state index is 7.07. The number of benzene rings is 4. The van der Waals surface area contributed by atoms with Gasteiger partial charge < -0.3 is 40.2 Å². The second kappa shape index (κ2) is 12.7. The molecular formula is C47H49N6O4+. The molecule has 57 heavy (non-hydrogen) atoms. The molecule has 6 aromatic rings. The van der Waals surface area contributed by atoms with Crippen LogP contribution < -0.4 is 35.5 Å². The fourth-order valence-corrected chi connectivity index (χ4v) is 9.16. The van der Waals surface area contributed by atoms with E-state index in [2.05, 4.69) is 111 Å². The number of methoxy groups -OCH3 is 4. The third-order valence-corrected chi connectivity index (χ3v) is 12.7. The van der Waals surface area contributed by atoms with Crippen molar-refractivity contribution in [3.8, 4) is 17.2 Å². The largest absolute Gasteiger partial charge is 0.497 e. The minimum Gasteiger partial charge on any atom is -0.497 e. The van der Waals surface area contributed by atoms with Gasteiger partial charge in [-0.15, -0.1) is 0 Å². The highest BCUT2D eigenvalue weighted by molar-refractivity contribution is 6.16. The van der Waals surface area contributed by atoms with Gasteiger partial charge in [0.2, 0.25) is 0 Å². The maximum Gasteiger partial charge on any atom is 0.161 e. The number of aromatic nitrogens is 2. The minimum absolute atomic E-state index is 0.284. The van der Waals surface area contributed by atoms with Crippen molar-refractivity contribution in [1.29, 1.82) is 0 Å². The first kappa shape index (κ1) is 36.5. The van der Waals surface area contributed by atoms with Crippen LogP contribution in [0.15, 0.2) is 103 Å². The van der Waals surface area contributed by atoms with Gasteiger partial charge in [0.15, 0.2) is 5.69 Å². The quantitative estimate of drug-likeness (QED) is 0.126. The monoisotopic (exact) mass is 761 g/mol. The van der Waals surface area contributed by atoms with E-state index in [1.54, 1.807) is 28.4 Å². The van der Waals surface area contributed by atoms with E-state index in [1.807, 2.05) is 30.6 Å². The highest BCUT2D eigenvalue weighted by atomic mass is 16.5. The molecule has 10 heteroatoms. The van der Waals surface area contributed by atoms with Gasteiger partial charge in [0, 0.05) is 35.4 Å². The maximum atomic E-state index is 7.07. The lowest BCUT2D eigenvalue weighted by atomic mass is 9.68. The average molecular weight is 762 g/mol. The fourth-order valence-electron chi connectivity index (χ4n) is 9.16. The van der Waals surface area contributed by atoms with Crippen LogP contribution in [0.3, 0.4) is 0 Å². The van der Waals surface area contributed by atoms with Crippen LogP contribution in [0.5, 0.6) is 17.2 Å². The van der Waals surface area contributed by atoms with Gasteiger partial charge in [-0.2, -0.15) is 0 Å². The van der Waals surface area contributed by atoms with Crippen molar-refractivity contribution in [2.45, 2.75) is 57.5 Å². The van der Waals surface area contributed by atoms with Crippen LogP contribution in [0.1, 0.15) is 57.7 Å². The number of quaternary nitrogens is 1. The number of ether oxygens (including phenoxy) is 4. The van der Waals surface area contributed by atoms with Crippen LogP contribution in [-0.4, -0.2) is 44.0 Å². The summed E-state index contributed by atoms with van der Waals surface area (Å²) in [5.74, 6) is 2.40. The Morgan fingerprint density at radius 2 is 1.11 bits per heavy atom. The SMILES string of the molecule is COc1ccc2c(c1)C(C)(C)C1=C(C=CC(C)(OC)C1)N2c1cnc2c(c1)c([NH3+])c(N)c1cc(N3c4ccc(OC)cc4C(C)(C)c4cc(OC)ccc43)cnc12. The zero-order valence-electron chi connectivity index (χ0n) is 34.1. The van der Waals surface area contributed by atoms with Gasteiger partial charge in [0.05, 0.1) is 78.7 Å². The zero-order valence-corrected chi connectivity index (χ0v) is 34.1. The van der Waals surface area contributed by atoms with Gasteiger partial charge in [0.25, 0.3) is 0 Å². The van der Waals surface area contributed by atoms with Crippen molar-refractivity contribution in [2.24, 2.45) is 0 Å². The predicted octanol–water partition coefficient (Wildman–Crippen LogP) is 9.42.